The van der Waals surface area contributed by atoms with E-state index in [9.17, 15) is 18.8 Å². The monoisotopic (exact) mass is 480 g/mol. The van der Waals surface area contributed by atoms with E-state index >= 15 is 0 Å². The molecule has 8 nitrogen and oxygen atoms in total. The Labute approximate surface area is 202 Å². The summed E-state index contributed by atoms with van der Waals surface area (Å²) in [6.07, 6.45) is -0.188. The first-order valence-corrected chi connectivity index (χ1v) is 10.8. The van der Waals surface area contributed by atoms with Gasteiger partial charge >= 0.3 is 5.97 Å². The average Bonchev–Trinajstić information content (AvgIpc) is 2.85. The Hall–Kier alpha value is -4.40. The molecule has 182 valence electrons. The molecule has 9 heteroatoms. The minimum absolute atomic E-state index is 0.0705. The number of anilines is 2. The molecule has 0 aliphatic rings. The number of nitrogens with one attached hydrogen (secondary N) is 2. The van der Waals surface area contributed by atoms with Crippen LogP contribution < -0.4 is 20.1 Å². The molecule has 35 heavy (non-hydrogen) atoms. The van der Waals surface area contributed by atoms with E-state index in [2.05, 4.69) is 10.6 Å². The highest BCUT2D eigenvalue weighted by Gasteiger charge is 2.12. The average molecular weight is 480 g/mol. The van der Waals surface area contributed by atoms with Crippen molar-refractivity contribution >= 4 is 29.2 Å². The van der Waals surface area contributed by atoms with E-state index < -0.39 is 24.3 Å². The fourth-order valence-corrected chi connectivity index (χ4v) is 3.09. The molecular formula is C26H25FN2O6. The maximum absolute atomic E-state index is 13.7. The summed E-state index contributed by atoms with van der Waals surface area (Å²) >= 11 is 0. The molecular weight excluding hydrogens is 455 g/mol. The van der Waals surface area contributed by atoms with E-state index in [0.29, 0.717) is 34.9 Å². The highest BCUT2D eigenvalue weighted by Crippen LogP contribution is 2.19. The second kappa shape index (κ2) is 12.2. The van der Waals surface area contributed by atoms with Crippen molar-refractivity contribution in [3.8, 4) is 11.5 Å². The summed E-state index contributed by atoms with van der Waals surface area (Å²) < 4.78 is 28.9. The van der Waals surface area contributed by atoms with E-state index in [4.69, 9.17) is 14.2 Å². The van der Waals surface area contributed by atoms with E-state index in [0.717, 1.165) is 0 Å². The first-order valence-electron chi connectivity index (χ1n) is 10.8. The minimum atomic E-state index is -0.675. The summed E-state index contributed by atoms with van der Waals surface area (Å²) in [5.74, 6) is -1.34. The first-order chi connectivity index (χ1) is 16.9. The second-order valence-electron chi connectivity index (χ2n) is 7.34. The molecule has 2 N–H and O–H groups in total. The van der Waals surface area contributed by atoms with E-state index in [1.54, 1.807) is 48.5 Å². The van der Waals surface area contributed by atoms with Gasteiger partial charge in [-0.2, -0.15) is 0 Å². The van der Waals surface area contributed by atoms with Crippen molar-refractivity contribution in [1.29, 1.82) is 0 Å². The van der Waals surface area contributed by atoms with E-state index in [1.807, 2.05) is 6.92 Å². The van der Waals surface area contributed by atoms with Crippen LogP contribution in [0.1, 0.15) is 22.8 Å². The number of rotatable bonds is 10. The zero-order valence-electron chi connectivity index (χ0n) is 19.3. The zero-order valence-corrected chi connectivity index (χ0v) is 19.3. The van der Waals surface area contributed by atoms with Crippen LogP contribution in [-0.2, 0) is 20.7 Å². The van der Waals surface area contributed by atoms with E-state index in [1.165, 1.54) is 25.3 Å². The van der Waals surface area contributed by atoms with Crippen molar-refractivity contribution in [2.75, 3.05) is 31.0 Å². The van der Waals surface area contributed by atoms with Gasteiger partial charge < -0.3 is 24.8 Å². The van der Waals surface area contributed by atoms with Gasteiger partial charge in [0, 0.05) is 16.9 Å². The van der Waals surface area contributed by atoms with Crippen LogP contribution in [0.5, 0.6) is 11.5 Å². The van der Waals surface area contributed by atoms with Gasteiger partial charge in [-0.15, -0.1) is 0 Å². The van der Waals surface area contributed by atoms with Gasteiger partial charge in [-0.25, -0.2) is 4.39 Å². The summed E-state index contributed by atoms with van der Waals surface area (Å²) in [7, 11) is 1.34. The number of methoxy groups -OCH3 is 1. The highest BCUT2D eigenvalue weighted by atomic mass is 19.1. The van der Waals surface area contributed by atoms with Crippen LogP contribution in [-0.4, -0.2) is 38.1 Å². The van der Waals surface area contributed by atoms with Crippen LogP contribution in [0.15, 0.2) is 66.7 Å². The number of hydrogen-bond donors (Lipinski definition) is 2. The van der Waals surface area contributed by atoms with Crippen LogP contribution in [0.25, 0.3) is 0 Å². The van der Waals surface area contributed by atoms with Crippen molar-refractivity contribution in [1.82, 2.24) is 0 Å². The minimum Gasteiger partial charge on any atom is -0.494 e. The number of amides is 2. The maximum atomic E-state index is 13.7. The number of hydrogen-bond acceptors (Lipinski definition) is 6. The third-order valence-electron chi connectivity index (χ3n) is 4.78. The van der Waals surface area contributed by atoms with Crippen LogP contribution in [0.4, 0.5) is 15.8 Å². The summed E-state index contributed by atoms with van der Waals surface area (Å²) in [6, 6.07) is 17.4. The van der Waals surface area contributed by atoms with Gasteiger partial charge in [0.15, 0.2) is 18.2 Å². The van der Waals surface area contributed by atoms with Crippen LogP contribution in [0.3, 0.4) is 0 Å². The summed E-state index contributed by atoms with van der Waals surface area (Å²) in [5, 5.41) is 5.36. The molecule has 0 aliphatic carbocycles. The van der Waals surface area contributed by atoms with Crippen LogP contribution in [0, 0.1) is 5.82 Å². The number of carbonyl (C=O) groups is 3. The SMILES string of the molecule is CCOc1ccc(NC(=O)c2ccc(NC(=O)COC(=O)Cc3ccc(OC)c(F)c3)cc2)cc1. The van der Waals surface area contributed by atoms with Crippen molar-refractivity contribution in [3.63, 3.8) is 0 Å². The Morgan fingerprint density at radius 2 is 1.54 bits per heavy atom. The third-order valence-corrected chi connectivity index (χ3v) is 4.78. The molecule has 0 aromatic heterocycles. The molecule has 3 aromatic rings. The fraction of sp³-hybridized carbons (Fsp3) is 0.192. The van der Waals surface area contributed by atoms with Crippen molar-refractivity contribution in [2.24, 2.45) is 0 Å². The predicted octanol–water partition coefficient (Wildman–Crippen LogP) is 4.21. The topological polar surface area (TPSA) is 103 Å². The van der Waals surface area contributed by atoms with Crippen molar-refractivity contribution < 1.29 is 33.0 Å². The van der Waals surface area contributed by atoms with Crippen molar-refractivity contribution in [3.05, 3.63) is 83.7 Å². The van der Waals surface area contributed by atoms with Gasteiger partial charge in [0.1, 0.15) is 5.75 Å². The molecule has 0 spiro atoms. The van der Waals surface area contributed by atoms with Gasteiger partial charge in [-0.1, -0.05) is 6.07 Å². The maximum Gasteiger partial charge on any atom is 0.310 e. The molecule has 0 saturated heterocycles. The molecule has 0 atom stereocenters. The number of halogens is 1. The molecule has 0 unspecified atom stereocenters. The lowest BCUT2D eigenvalue weighted by atomic mass is 10.1. The highest BCUT2D eigenvalue weighted by molar-refractivity contribution is 6.04. The Balaban J connectivity index is 1.45. The molecule has 3 aromatic carbocycles. The Kier molecular flexibility index (Phi) is 8.77. The Bertz CT molecular complexity index is 1180. The van der Waals surface area contributed by atoms with Crippen molar-refractivity contribution in [2.45, 2.75) is 13.3 Å². The predicted molar refractivity (Wildman–Crippen MR) is 128 cm³/mol. The largest absolute Gasteiger partial charge is 0.494 e. The lowest BCUT2D eigenvalue weighted by Crippen LogP contribution is -2.21. The lowest BCUT2D eigenvalue weighted by Gasteiger charge is -2.09. The van der Waals surface area contributed by atoms with Gasteiger partial charge in [0.05, 0.1) is 20.1 Å². The molecule has 0 aliphatic heterocycles. The van der Waals surface area contributed by atoms with Gasteiger partial charge in [-0.05, 0) is 73.2 Å². The second-order valence-corrected chi connectivity index (χ2v) is 7.34. The molecule has 0 fully saturated rings. The fourth-order valence-electron chi connectivity index (χ4n) is 3.09. The molecule has 0 radical (unpaired) electrons. The molecule has 0 saturated carbocycles. The van der Waals surface area contributed by atoms with Gasteiger partial charge in [0.2, 0.25) is 0 Å². The molecule has 0 heterocycles. The summed E-state index contributed by atoms with van der Waals surface area (Å²) in [6.45, 7) is 1.95. The molecule has 0 bridgehead atoms. The van der Waals surface area contributed by atoms with E-state index in [-0.39, 0.29) is 18.1 Å². The standard InChI is InChI=1S/C26H25FN2O6/c1-3-34-21-11-9-20(10-12-21)29-26(32)18-5-7-19(8-6-18)28-24(30)16-35-25(31)15-17-4-13-23(33-2)22(27)14-17/h4-14H,3,15-16H2,1-2H3,(H,28,30)(H,29,32). The lowest BCUT2D eigenvalue weighted by molar-refractivity contribution is -0.146. The number of benzene rings is 3. The smallest absolute Gasteiger partial charge is 0.310 e. The zero-order chi connectivity index (χ0) is 25.2. The van der Waals surface area contributed by atoms with Gasteiger partial charge in [-0.3, -0.25) is 14.4 Å². The molecule has 2 amide bonds. The Morgan fingerprint density at radius 1 is 0.886 bits per heavy atom. The number of esters is 1. The first kappa shape index (κ1) is 25.2. The van der Waals surface area contributed by atoms with Crippen LogP contribution in [0.2, 0.25) is 0 Å². The Morgan fingerprint density at radius 3 is 2.17 bits per heavy atom. The molecule has 3 rings (SSSR count). The number of ether oxygens (including phenoxy) is 3. The number of carbonyl (C=O) groups excluding carboxylic acids is 3. The van der Waals surface area contributed by atoms with Crippen LogP contribution >= 0.6 is 0 Å². The summed E-state index contributed by atoms with van der Waals surface area (Å²) in [5.41, 5.74) is 1.85. The summed E-state index contributed by atoms with van der Waals surface area (Å²) in [4.78, 5) is 36.5. The normalized spacial score (nSPS) is 10.3. The quantitative estimate of drug-likeness (QED) is 0.422. The third kappa shape index (κ3) is 7.56. The van der Waals surface area contributed by atoms with Gasteiger partial charge in [0.25, 0.3) is 11.8 Å².